The van der Waals surface area contributed by atoms with Gasteiger partial charge in [0.15, 0.2) is 11.5 Å². The summed E-state index contributed by atoms with van der Waals surface area (Å²) in [5.41, 5.74) is 3.04. The molecule has 6 nitrogen and oxygen atoms in total. The second kappa shape index (κ2) is 8.45. The molecule has 5 rings (SSSR count). The number of aromatic amines is 1. The van der Waals surface area contributed by atoms with Gasteiger partial charge in [-0.15, -0.1) is 11.3 Å². The van der Waals surface area contributed by atoms with Crippen LogP contribution in [-0.4, -0.2) is 30.3 Å². The second-order valence-electron chi connectivity index (χ2n) is 7.54. The van der Waals surface area contributed by atoms with Crippen LogP contribution >= 0.6 is 11.3 Å². The third kappa shape index (κ3) is 4.02. The van der Waals surface area contributed by atoms with Gasteiger partial charge in [-0.2, -0.15) is 0 Å². The zero-order valence-corrected chi connectivity index (χ0v) is 17.9. The number of para-hydroxylation sites is 1. The van der Waals surface area contributed by atoms with Crippen LogP contribution in [0, 0.1) is 0 Å². The first-order valence-corrected chi connectivity index (χ1v) is 11.1. The normalized spacial score (nSPS) is 14.5. The molecule has 0 aliphatic carbocycles. The Bertz CT molecular complexity index is 1200. The van der Waals surface area contributed by atoms with Gasteiger partial charge >= 0.3 is 0 Å². The first-order chi connectivity index (χ1) is 15.2. The summed E-state index contributed by atoms with van der Waals surface area (Å²) in [7, 11) is 0. The number of fused-ring (bicyclic) bond motifs is 2. The van der Waals surface area contributed by atoms with Crippen molar-refractivity contribution in [3.63, 3.8) is 0 Å². The molecule has 3 heterocycles. The maximum Gasteiger partial charge on any atom is 0.241 e. The highest BCUT2D eigenvalue weighted by atomic mass is 32.1. The fraction of sp³-hybridized carbons (Fsp3) is 0.208. The van der Waals surface area contributed by atoms with E-state index in [1.807, 2.05) is 19.1 Å². The SMILES string of the molecule is C[C@@H](NC[C@@H](c1cccs1)c1c[nH]c2ccccc12)C(=O)Nc1ccc2c(c1)OCO2. The molecule has 0 unspecified atom stereocenters. The van der Waals surface area contributed by atoms with Crippen molar-refractivity contribution in [1.29, 1.82) is 0 Å². The highest BCUT2D eigenvalue weighted by molar-refractivity contribution is 7.10. The number of anilines is 1. The van der Waals surface area contributed by atoms with E-state index in [0.29, 0.717) is 23.7 Å². The van der Waals surface area contributed by atoms with Crippen molar-refractivity contribution in [3.8, 4) is 11.5 Å². The lowest BCUT2D eigenvalue weighted by molar-refractivity contribution is -0.117. The molecule has 7 heteroatoms. The molecule has 1 amide bonds. The van der Waals surface area contributed by atoms with Gasteiger partial charge in [-0.05, 0) is 42.1 Å². The number of aromatic nitrogens is 1. The molecule has 31 heavy (non-hydrogen) atoms. The largest absolute Gasteiger partial charge is 0.454 e. The standard InChI is InChI=1S/C24H23N3O3S/c1-15(24(28)27-16-8-9-21-22(11-16)30-14-29-21)25-13-19(23-7-4-10-31-23)18-12-26-20-6-3-2-5-17(18)20/h2-12,15,19,25-26H,13-14H2,1H3,(H,27,28)/t15-,19-/m1/s1. The summed E-state index contributed by atoms with van der Waals surface area (Å²) in [5.74, 6) is 1.40. The molecule has 1 aliphatic heterocycles. The third-order valence-electron chi connectivity index (χ3n) is 5.54. The maximum atomic E-state index is 12.8. The van der Waals surface area contributed by atoms with Crippen molar-refractivity contribution in [2.24, 2.45) is 0 Å². The van der Waals surface area contributed by atoms with Crippen LogP contribution in [0.25, 0.3) is 10.9 Å². The van der Waals surface area contributed by atoms with Gasteiger partial charge in [-0.1, -0.05) is 24.3 Å². The van der Waals surface area contributed by atoms with E-state index in [-0.39, 0.29) is 24.7 Å². The van der Waals surface area contributed by atoms with Crippen molar-refractivity contribution >= 4 is 33.8 Å². The molecular formula is C24H23N3O3S. The number of ether oxygens (including phenoxy) is 2. The van der Waals surface area contributed by atoms with Crippen molar-refractivity contribution in [2.45, 2.75) is 18.9 Å². The first-order valence-electron chi connectivity index (χ1n) is 10.2. The lowest BCUT2D eigenvalue weighted by atomic mass is 9.96. The number of nitrogens with one attached hydrogen (secondary N) is 3. The van der Waals surface area contributed by atoms with Gasteiger partial charge in [0.05, 0.1) is 6.04 Å². The Labute approximate surface area is 184 Å². The van der Waals surface area contributed by atoms with Gasteiger partial charge < -0.3 is 25.1 Å². The highest BCUT2D eigenvalue weighted by Gasteiger charge is 2.22. The summed E-state index contributed by atoms with van der Waals surface area (Å²) in [5, 5.41) is 9.67. The Kier molecular flexibility index (Phi) is 5.36. The Morgan fingerprint density at radius 2 is 2.00 bits per heavy atom. The molecule has 0 radical (unpaired) electrons. The average Bonchev–Trinajstić information content (AvgIpc) is 3.55. The summed E-state index contributed by atoms with van der Waals surface area (Å²) in [6.45, 7) is 2.74. The molecular weight excluding hydrogens is 410 g/mol. The number of hydrogen-bond acceptors (Lipinski definition) is 5. The van der Waals surface area contributed by atoms with Crippen molar-refractivity contribution in [2.75, 3.05) is 18.7 Å². The molecule has 3 N–H and O–H groups in total. The Morgan fingerprint density at radius 1 is 1.13 bits per heavy atom. The van der Waals surface area contributed by atoms with Gasteiger partial charge in [0.25, 0.3) is 0 Å². The zero-order chi connectivity index (χ0) is 21.2. The Balaban J connectivity index is 1.29. The van der Waals surface area contributed by atoms with E-state index >= 15 is 0 Å². The third-order valence-corrected chi connectivity index (χ3v) is 6.53. The Morgan fingerprint density at radius 3 is 2.87 bits per heavy atom. The van der Waals surface area contributed by atoms with Crippen LogP contribution in [-0.2, 0) is 4.79 Å². The molecule has 0 saturated heterocycles. The van der Waals surface area contributed by atoms with Gasteiger partial charge in [0, 0.05) is 46.2 Å². The number of H-pyrrole nitrogens is 1. The predicted octanol–water partition coefficient (Wildman–Crippen LogP) is 4.71. The number of carbonyl (C=O) groups excluding carboxylic acids is 1. The maximum absolute atomic E-state index is 12.8. The van der Waals surface area contributed by atoms with Crippen LogP contribution < -0.4 is 20.1 Å². The monoisotopic (exact) mass is 433 g/mol. The minimum absolute atomic E-state index is 0.0947. The molecule has 0 saturated carbocycles. The molecule has 2 atom stereocenters. The van der Waals surface area contributed by atoms with E-state index in [1.54, 1.807) is 23.5 Å². The number of amides is 1. The van der Waals surface area contributed by atoms with E-state index in [1.165, 1.54) is 15.8 Å². The summed E-state index contributed by atoms with van der Waals surface area (Å²) in [6.07, 6.45) is 2.08. The topological polar surface area (TPSA) is 75.4 Å². The molecule has 1 aliphatic rings. The van der Waals surface area contributed by atoms with Crippen LogP contribution in [0.4, 0.5) is 5.69 Å². The fourth-order valence-electron chi connectivity index (χ4n) is 3.85. The minimum atomic E-state index is -0.363. The average molecular weight is 434 g/mol. The zero-order valence-electron chi connectivity index (χ0n) is 17.1. The van der Waals surface area contributed by atoms with E-state index in [0.717, 1.165) is 5.52 Å². The molecule has 2 aromatic carbocycles. The minimum Gasteiger partial charge on any atom is -0.454 e. The summed E-state index contributed by atoms with van der Waals surface area (Å²) < 4.78 is 10.7. The number of thiophene rings is 1. The number of carbonyl (C=O) groups is 1. The van der Waals surface area contributed by atoms with Crippen LogP contribution in [0.5, 0.6) is 11.5 Å². The lowest BCUT2D eigenvalue weighted by Crippen LogP contribution is -2.40. The second-order valence-corrected chi connectivity index (χ2v) is 8.52. The molecule has 0 spiro atoms. The van der Waals surface area contributed by atoms with Crippen molar-refractivity contribution in [3.05, 3.63) is 76.6 Å². The van der Waals surface area contributed by atoms with E-state index in [2.05, 4.69) is 57.5 Å². The van der Waals surface area contributed by atoms with Crippen LogP contribution in [0.3, 0.4) is 0 Å². The lowest BCUT2D eigenvalue weighted by Gasteiger charge is -2.20. The highest BCUT2D eigenvalue weighted by Crippen LogP contribution is 2.35. The molecule has 158 valence electrons. The van der Waals surface area contributed by atoms with Crippen LogP contribution in [0.1, 0.15) is 23.3 Å². The quantitative estimate of drug-likeness (QED) is 0.395. The van der Waals surface area contributed by atoms with Crippen molar-refractivity contribution in [1.82, 2.24) is 10.3 Å². The van der Waals surface area contributed by atoms with Crippen LogP contribution in [0.2, 0.25) is 0 Å². The molecule has 0 bridgehead atoms. The number of rotatable bonds is 7. The summed E-state index contributed by atoms with van der Waals surface area (Å²) in [6, 6.07) is 17.6. The molecule has 4 aromatic rings. The first kappa shape index (κ1) is 19.7. The summed E-state index contributed by atoms with van der Waals surface area (Å²) >= 11 is 1.73. The Hall–Kier alpha value is -3.29. The molecule has 2 aromatic heterocycles. The van der Waals surface area contributed by atoms with E-state index in [9.17, 15) is 4.79 Å². The van der Waals surface area contributed by atoms with E-state index in [4.69, 9.17) is 9.47 Å². The van der Waals surface area contributed by atoms with Crippen molar-refractivity contribution < 1.29 is 14.3 Å². The smallest absolute Gasteiger partial charge is 0.241 e. The summed E-state index contributed by atoms with van der Waals surface area (Å²) in [4.78, 5) is 17.4. The molecule has 0 fully saturated rings. The van der Waals surface area contributed by atoms with E-state index < -0.39 is 0 Å². The number of benzene rings is 2. The van der Waals surface area contributed by atoms with Gasteiger partial charge in [-0.3, -0.25) is 4.79 Å². The van der Waals surface area contributed by atoms with Gasteiger partial charge in [0.2, 0.25) is 12.7 Å². The van der Waals surface area contributed by atoms with Gasteiger partial charge in [-0.25, -0.2) is 0 Å². The van der Waals surface area contributed by atoms with Gasteiger partial charge in [0.1, 0.15) is 0 Å². The predicted molar refractivity (Wildman–Crippen MR) is 123 cm³/mol. The number of hydrogen-bond donors (Lipinski definition) is 3. The fourth-order valence-corrected chi connectivity index (χ4v) is 4.69. The van der Waals surface area contributed by atoms with Crippen LogP contribution in [0.15, 0.2) is 66.2 Å².